The number of anilines is 1. The molecule has 0 saturated heterocycles. The highest BCUT2D eigenvalue weighted by atomic mass is 79.9. The third kappa shape index (κ3) is 4.62. The van der Waals surface area contributed by atoms with Crippen LogP contribution in [0.1, 0.15) is 13.8 Å². The molecule has 2 nitrogen and oxygen atoms in total. The predicted molar refractivity (Wildman–Crippen MR) is 73.0 cm³/mol. The molecule has 1 unspecified atom stereocenters. The second-order valence-corrected chi connectivity index (χ2v) is 5.80. The van der Waals surface area contributed by atoms with Crippen LogP contribution in [-0.4, -0.2) is 22.5 Å². The fourth-order valence-corrected chi connectivity index (χ4v) is 2.52. The van der Waals surface area contributed by atoms with E-state index < -0.39 is 0 Å². The van der Waals surface area contributed by atoms with Gasteiger partial charge in [-0.25, -0.2) is 4.98 Å². The molecule has 0 aliphatic carbocycles. The third-order valence-electron chi connectivity index (χ3n) is 1.76. The second kappa shape index (κ2) is 6.61. The molecule has 0 fully saturated rings. The number of nitrogens with zero attached hydrogens (tertiary/aromatic N) is 1. The summed E-state index contributed by atoms with van der Waals surface area (Å²) in [4.78, 5) is 4.23. The molecular weight excluding hydrogens is 296 g/mol. The number of nitrogens with one attached hydrogen (secondary N) is 1. The quantitative estimate of drug-likeness (QED) is 0.888. The molecule has 1 atom stereocenters. The summed E-state index contributed by atoms with van der Waals surface area (Å²) >= 11 is 11.2. The monoisotopic (exact) mass is 308 g/mol. The van der Waals surface area contributed by atoms with Gasteiger partial charge in [-0.15, -0.1) is 0 Å². The molecule has 0 aromatic carbocycles. The summed E-state index contributed by atoms with van der Waals surface area (Å²) in [5.41, 5.74) is 0. The SMILES string of the molecule is CCSCC(C)Nc1ncc(Cl)cc1Br. The van der Waals surface area contributed by atoms with Crippen molar-refractivity contribution in [2.75, 3.05) is 16.8 Å². The summed E-state index contributed by atoms with van der Waals surface area (Å²) in [7, 11) is 0. The van der Waals surface area contributed by atoms with Crippen molar-refractivity contribution in [2.45, 2.75) is 19.9 Å². The molecule has 5 heteroatoms. The van der Waals surface area contributed by atoms with Crippen LogP contribution in [0.2, 0.25) is 5.02 Å². The van der Waals surface area contributed by atoms with Gasteiger partial charge in [0.1, 0.15) is 5.82 Å². The number of thioether (sulfide) groups is 1. The Kier molecular flexibility index (Phi) is 5.79. The zero-order chi connectivity index (χ0) is 11.3. The maximum absolute atomic E-state index is 5.81. The van der Waals surface area contributed by atoms with E-state index in [1.54, 1.807) is 6.20 Å². The number of hydrogen-bond donors (Lipinski definition) is 1. The maximum atomic E-state index is 5.81. The molecule has 1 rings (SSSR count). The Balaban J connectivity index is 2.56. The first-order chi connectivity index (χ1) is 7.13. The normalized spacial score (nSPS) is 12.5. The molecule has 15 heavy (non-hydrogen) atoms. The lowest BCUT2D eigenvalue weighted by molar-refractivity contribution is 0.900. The summed E-state index contributed by atoms with van der Waals surface area (Å²) in [6.07, 6.45) is 1.65. The summed E-state index contributed by atoms with van der Waals surface area (Å²) < 4.78 is 0.906. The van der Waals surface area contributed by atoms with Crippen molar-refractivity contribution < 1.29 is 0 Å². The van der Waals surface area contributed by atoms with Gasteiger partial charge in [-0.2, -0.15) is 11.8 Å². The molecule has 0 aliphatic heterocycles. The lowest BCUT2D eigenvalue weighted by atomic mass is 10.3. The number of rotatable bonds is 5. The van der Waals surface area contributed by atoms with E-state index in [0.717, 1.165) is 21.8 Å². The Bertz CT molecular complexity index is 322. The van der Waals surface area contributed by atoms with E-state index >= 15 is 0 Å². The highest BCUT2D eigenvalue weighted by Crippen LogP contribution is 2.23. The summed E-state index contributed by atoms with van der Waals surface area (Å²) in [5.74, 6) is 3.07. The smallest absolute Gasteiger partial charge is 0.140 e. The highest BCUT2D eigenvalue weighted by molar-refractivity contribution is 9.10. The number of pyridine rings is 1. The van der Waals surface area contributed by atoms with Crippen LogP contribution < -0.4 is 5.32 Å². The van der Waals surface area contributed by atoms with Crippen LogP contribution >= 0.6 is 39.3 Å². The molecule has 0 radical (unpaired) electrons. The minimum absolute atomic E-state index is 0.403. The van der Waals surface area contributed by atoms with Gasteiger partial charge in [0.2, 0.25) is 0 Å². The van der Waals surface area contributed by atoms with Gasteiger partial charge in [0.15, 0.2) is 0 Å². The van der Waals surface area contributed by atoms with Gasteiger partial charge in [0, 0.05) is 18.0 Å². The average Bonchev–Trinajstić information content (AvgIpc) is 2.19. The lowest BCUT2D eigenvalue weighted by Gasteiger charge is -2.14. The minimum Gasteiger partial charge on any atom is -0.366 e. The molecule has 0 aliphatic rings. The van der Waals surface area contributed by atoms with Gasteiger partial charge in [-0.05, 0) is 34.7 Å². The van der Waals surface area contributed by atoms with Crippen molar-refractivity contribution in [3.8, 4) is 0 Å². The van der Waals surface area contributed by atoms with Crippen molar-refractivity contribution in [1.29, 1.82) is 0 Å². The summed E-state index contributed by atoms with van der Waals surface area (Å²) in [6, 6.07) is 2.25. The van der Waals surface area contributed by atoms with E-state index in [9.17, 15) is 0 Å². The highest BCUT2D eigenvalue weighted by Gasteiger charge is 2.06. The molecule has 1 aromatic rings. The van der Waals surface area contributed by atoms with Crippen LogP contribution in [0, 0.1) is 0 Å². The van der Waals surface area contributed by atoms with Crippen LogP contribution in [0.5, 0.6) is 0 Å². The minimum atomic E-state index is 0.403. The molecule has 1 N–H and O–H groups in total. The van der Waals surface area contributed by atoms with E-state index in [0.29, 0.717) is 11.1 Å². The van der Waals surface area contributed by atoms with Crippen molar-refractivity contribution in [2.24, 2.45) is 0 Å². The molecular formula is C10H14BrClN2S. The zero-order valence-electron chi connectivity index (χ0n) is 8.76. The molecule has 1 aromatic heterocycles. The van der Waals surface area contributed by atoms with E-state index in [1.165, 1.54) is 0 Å². The number of aromatic nitrogens is 1. The van der Waals surface area contributed by atoms with E-state index in [2.05, 4.69) is 40.1 Å². The Morgan fingerprint density at radius 3 is 3.00 bits per heavy atom. The molecule has 0 spiro atoms. The molecule has 84 valence electrons. The van der Waals surface area contributed by atoms with Gasteiger partial charge in [0.05, 0.1) is 9.50 Å². The predicted octanol–water partition coefficient (Wildman–Crippen LogP) is 4.05. The van der Waals surface area contributed by atoms with Crippen LogP contribution in [0.15, 0.2) is 16.7 Å². The first-order valence-corrected chi connectivity index (χ1v) is 7.11. The topological polar surface area (TPSA) is 24.9 Å². The van der Waals surface area contributed by atoms with E-state index in [-0.39, 0.29) is 0 Å². The standard InChI is InChI=1S/C10H14BrClN2S/c1-3-15-6-7(2)14-10-9(11)4-8(12)5-13-10/h4-5,7H,3,6H2,1-2H3,(H,13,14). The van der Waals surface area contributed by atoms with Gasteiger partial charge in [-0.1, -0.05) is 18.5 Å². The first-order valence-electron chi connectivity index (χ1n) is 4.78. The van der Waals surface area contributed by atoms with E-state index in [1.807, 2.05) is 17.8 Å². The summed E-state index contributed by atoms with van der Waals surface area (Å²) in [5, 5.41) is 3.98. The van der Waals surface area contributed by atoms with Gasteiger partial charge in [-0.3, -0.25) is 0 Å². The van der Waals surface area contributed by atoms with Crippen molar-refractivity contribution >= 4 is 45.1 Å². The molecule has 1 heterocycles. The molecule has 0 bridgehead atoms. The van der Waals surface area contributed by atoms with Gasteiger partial charge < -0.3 is 5.32 Å². The van der Waals surface area contributed by atoms with Gasteiger partial charge in [0.25, 0.3) is 0 Å². The largest absolute Gasteiger partial charge is 0.366 e. The Labute approximate surface area is 108 Å². The Morgan fingerprint density at radius 2 is 2.40 bits per heavy atom. The van der Waals surface area contributed by atoms with Crippen molar-refractivity contribution in [3.63, 3.8) is 0 Å². The summed E-state index contributed by atoms with van der Waals surface area (Å²) in [6.45, 7) is 4.30. The van der Waals surface area contributed by atoms with Gasteiger partial charge >= 0.3 is 0 Å². The Morgan fingerprint density at radius 1 is 1.67 bits per heavy atom. The second-order valence-electron chi connectivity index (χ2n) is 3.19. The maximum Gasteiger partial charge on any atom is 0.140 e. The van der Waals surface area contributed by atoms with E-state index in [4.69, 9.17) is 11.6 Å². The average molecular weight is 310 g/mol. The third-order valence-corrected chi connectivity index (χ3v) is 3.72. The Hall–Kier alpha value is 0.0700. The fourth-order valence-electron chi connectivity index (χ4n) is 1.09. The van der Waals surface area contributed by atoms with Crippen molar-refractivity contribution in [1.82, 2.24) is 4.98 Å². The van der Waals surface area contributed by atoms with Crippen molar-refractivity contribution in [3.05, 3.63) is 21.8 Å². The molecule has 0 saturated carbocycles. The fraction of sp³-hybridized carbons (Fsp3) is 0.500. The van der Waals surface area contributed by atoms with Crippen LogP contribution in [0.3, 0.4) is 0 Å². The van der Waals surface area contributed by atoms with Crippen LogP contribution in [0.4, 0.5) is 5.82 Å². The lowest BCUT2D eigenvalue weighted by Crippen LogP contribution is -2.19. The molecule has 0 amide bonds. The number of hydrogen-bond acceptors (Lipinski definition) is 3. The first kappa shape index (κ1) is 13.1. The van der Waals surface area contributed by atoms with Crippen LogP contribution in [-0.2, 0) is 0 Å². The number of halogens is 2. The van der Waals surface area contributed by atoms with Crippen LogP contribution in [0.25, 0.3) is 0 Å². The zero-order valence-corrected chi connectivity index (χ0v) is 11.9.